The van der Waals surface area contributed by atoms with Gasteiger partial charge in [-0.2, -0.15) is 0 Å². The number of nitrogens with zero attached hydrogens (tertiary/aromatic N) is 1. The predicted octanol–water partition coefficient (Wildman–Crippen LogP) is 3.66. The number of guanidine groups is 1. The molecule has 1 aromatic carbocycles. The number of thioether (sulfide) groups is 1. The number of aliphatic imine (C=N–C) groups is 1. The van der Waals surface area contributed by atoms with Crippen LogP contribution in [0.3, 0.4) is 0 Å². The number of hydrogen-bond donors (Lipinski definition) is 3. The van der Waals surface area contributed by atoms with Crippen molar-refractivity contribution in [3.8, 4) is 0 Å². The van der Waals surface area contributed by atoms with Gasteiger partial charge in [-0.15, -0.1) is 35.7 Å². The smallest absolute Gasteiger partial charge is 0.220 e. The lowest BCUT2D eigenvalue weighted by atomic mass is 10.3. The third kappa shape index (κ3) is 10.5. The highest BCUT2D eigenvalue weighted by atomic mass is 127. The van der Waals surface area contributed by atoms with E-state index >= 15 is 0 Å². The van der Waals surface area contributed by atoms with Gasteiger partial charge in [-0.3, -0.25) is 9.79 Å². The number of carbonyl (C=O) groups is 1. The molecule has 8 heteroatoms. The minimum Gasteiger partial charge on any atom is -0.357 e. The molecule has 0 atom stereocenters. The third-order valence-electron chi connectivity index (χ3n) is 3.60. The van der Waals surface area contributed by atoms with Gasteiger partial charge in [-0.25, -0.2) is 0 Å². The quantitative estimate of drug-likeness (QED) is 0.148. The largest absolute Gasteiger partial charge is 0.357 e. The number of carbonyl (C=O) groups excluding carboxylic acids is 1. The van der Waals surface area contributed by atoms with Crippen LogP contribution in [-0.4, -0.2) is 43.3 Å². The van der Waals surface area contributed by atoms with Crippen LogP contribution in [0, 0.1) is 0 Å². The highest BCUT2D eigenvalue weighted by Crippen LogP contribution is 2.19. The molecule has 0 bridgehead atoms. The zero-order valence-corrected chi connectivity index (χ0v) is 19.0. The van der Waals surface area contributed by atoms with Gasteiger partial charge < -0.3 is 16.0 Å². The van der Waals surface area contributed by atoms with Crippen LogP contribution in [0.25, 0.3) is 0 Å². The summed E-state index contributed by atoms with van der Waals surface area (Å²) in [5, 5.41) is 10.3. The summed E-state index contributed by atoms with van der Waals surface area (Å²) in [6.45, 7) is 4.33. The van der Waals surface area contributed by atoms with Gasteiger partial charge in [0, 0.05) is 47.8 Å². The summed E-state index contributed by atoms with van der Waals surface area (Å²) in [6, 6.07) is 8.30. The molecule has 0 aliphatic heterocycles. The summed E-state index contributed by atoms with van der Waals surface area (Å²) in [6.07, 6.45) is 3.58. The van der Waals surface area contributed by atoms with E-state index in [9.17, 15) is 4.79 Å². The van der Waals surface area contributed by atoms with Gasteiger partial charge in [-0.05, 0) is 50.5 Å². The number of benzene rings is 1. The Morgan fingerprint density at radius 2 is 2.00 bits per heavy atom. The zero-order chi connectivity index (χ0) is 17.9. The number of hydrogen-bond acceptors (Lipinski definition) is 3. The van der Waals surface area contributed by atoms with E-state index in [2.05, 4.69) is 20.9 Å². The molecule has 1 aliphatic rings. The number of rotatable bonds is 10. The minimum absolute atomic E-state index is 0. The first-order chi connectivity index (χ1) is 12.2. The van der Waals surface area contributed by atoms with Gasteiger partial charge in [0.25, 0.3) is 0 Å². The fourth-order valence-electron chi connectivity index (χ4n) is 2.17. The molecule has 0 unspecified atom stereocenters. The van der Waals surface area contributed by atoms with Crippen molar-refractivity contribution in [3.05, 3.63) is 29.3 Å². The SMILES string of the molecule is CCNC(=NCCCC(=O)NC1CC1)NCCSc1ccc(Cl)cc1.I. The van der Waals surface area contributed by atoms with Crippen LogP contribution in [0.5, 0.6) is 0 Å². The molecule has 1 aliphatic carbocycles. The van der Waals surface area contributed by atoms with E-state index in [-0.39, 0.29) is 29.9 Å². The highest BCUT2D eigenvalue weighted by molar-refractivity contribution is 14.0. The molecule has 1 saturated carbocycles. The molecule has 2 rings (SSSR count). The second-order valence-corrected chi connectivity index (χ2v) is 7.54. The average molecular weight is 511 g/mol. The van der Waals surface area contributed by atoms with Crippen molar-refractivity contribution in [1.82, 2.24) is 16.0 Å². The second-order valence-electron chi connectivity index (χ2n) is 5.94. The van der Waals surface area contributed by atoms with Gasteiger partial charge >= 0.3 is 0 Å². The van der Waals surface area contributed by atoms with Crippen LogP contribution in [0.2, 0.25) is 5.02 Å². The van der Waals surface area contributed by atoms with Gasteiger partial charge in [0.1, 0.15) is 0 Å². The van der Waals surface area contributed by atoms with Gasteiger partial charge in [0.2, 0.25) is 5.91 Å². The van der Waals surface area contributed by atoms with E-state index in [0.717, 1.165) is 49.1 Å². The number of amides is 1. The molecule has 0 spiro atoms. The fraction of sp³-hybridized carbons (Fsp3) is 0.556. The first kappa shape index (κ1) is 23.4. The Hall–Kier alpha value is -0.670. The van der Waals surface area contributed by atoms with E-state index in [1.807, 2.05) is 31.2 Å². The standard InChI is InChI=1S/C18H27ClN4OS.HI/c1-2-20-18(21-11-3-4-17(24)23-15-7-8-15)22-12-13-25-16-9-5-14(19)6-10-16;/h5-6,9-10,15H,2-4,7-8,11-13H2,1H3,(H,23,24)(H2,20,21,22);1H. The molecule has 1 fully saturated rings. The molecule has 146 valence electrons. The predicted molar refractivity (Wildman–Crippen MR) is 122 cm³/mol. The summed E-state index contributed by atoms with van der Waals surface area (Å²) in [5.41, 5.74) is 0. The Labute approximate surface area is 182 Å². The average Bonchev–Trinajstić information content (AvgIpc) is 3.41. The molecule has 0 aromatic heterocycles. The topological polar surface area (TPSA) is 65.5 Å². The molecule has 1 amide bonds. The van der Waals surface area contributed by atoms with Crippen LogP contribution < -0.4 is 16.0 Å². The maximum absolute atomic E-state index is 11.6. The van der Waals surface area contributed by atoms with E-state index < -0.39 is 0 Å². The number of nitrogens with one attached hydrogen (secondary N) is 3. The van der Waals surface area contributed by atoms with Crippen LogP contribution >= 0.6 is 47.3 Å². The zero-order valence-electron chi connectivity index (χ0n) is 15.1. The molecular weight excluding hydrogens is 483 g/mol. The van der Waals surface area contributed by atoms with Gasteiger partial charge in [-0.1, -0.05) is 11.6 Å². The van der Waals surface area contributed by atoms with Crippen molar-refractivity contribution >= 4 is 59.2 Å². The van der Waals surface area contributed by atoms with Crippen molar-refractivity contribution in [3.63, 3.8) is 0 Å². The lowest BCUT2D eigenvalue weighted by Crippen LogP contribution is -2.38. The first-order valence-corrected chi connectivity index (χ1v) is 10.2. The van der Waals surface area contributed by atoms with Crippen molar-refractivity contribution in [2.45, 2.75) is 43.5 Å². The summed E-state index contributed by atoms with van der Waals surface area (Å²) >= 11 is 7.66. The van der Waals surface area contributed by atoms with Gasteiger partial charge in [0.15, 0.2) is 5.96 Å². The summed E-state index contributed by atoms with van der Waals surface area (Å²) < 4.78 is 0. The van der Waals surface area contributed by atoms with Gasteiger partial charge in [0.05, 0.1) is 0 Å². The van der Waals surface area contributed by atoms with Crippen LogP contribution in [-0.2, 0) is 4.79 Å². The molecular formula is C18H28ClIN4OS. The first-order valence-electron chi connectivity index (χ1n) is 8.87. The lowest BCUT2D eigenvalue weighted by molar-refractivity contribution is -0.121. The summed E-state index contributed by atoms with van der Waals surface area (Å²) in [5.74, 6) is 1.90. The highest BCUT2D eigenvalue weighted by Gasteiger charge is 2.22. The van der Waals surface area contributed by atoms with Crippen molar-refractivity contribution in [1.29, 1.82) is 0 Å². The molecule has 26 heavy (non-hydrogen) atoms. The molecule has 5 nitrogen and oxygen atoms in total. The summed E-state index contributed by atoms with van der Waals surface area (Å²) in [7, 11) is 0. The van der Waals surface area contributed by atoms with Crippen molar-refractivity contribution < 1.29 is 4.79 Å². The lowest BCUT2D eigenvalue weighted by Gasteiger charge is -2.11. The molecule has 0 radical (unpaired) electrons. The Bertz CT molecular complexity index is 567. The Morgan fingerprint density at radius 1 is 1.27 bits per heavy atom. The monoisotopic (exact) mass is 510 g/mol. The van der Waals surface area contributed by atoms with E-state index in [4.69, 9.17) is 11.6 Å². The third-order valence-corrected chi connectivity index (χ3v) is 4.86. The summed E-state index contributed by atoms with van der Waals surface area (Å²) in [4.78, 5) is 17.4. The minimum atomic E-state index is 0. The molecule has 0 heterocycles. The van der Waals surface area contributed by atoms with E-state index in [1.165, 1.54) is 4.90 Å². The van der Waals surface area contributed by atoms with Crippen LogP contribution in [0.4, 0.5) is 0 Å². The Balaban J connectivity index is 0.00000338. The van der Waals surface area contributed by atoms with Crippen molar-refractivity contribution in [2.75, 3.05) is 25.4 Å². The second kappa shape index (κ2) is 13.5. The van der Waals surface area contributed by atoms with E-state index in [0.29, 0.717) is 19.0 Å². The molecule has 1 aromatic rings. The van der Waals surface area contributed by atoms with Crippen LogP contribution in [0.1, 0.15) is 32.6 Å². The maximum Gasteiger partial charge on any atom is 0.220 e. The van der Waals surface area contributed by atoms with Crippen LogP contribution in [0.15, 0.2) is 34.2 Å². The maximum atomic E-state index is 11.6. The van der Waals surface area contributed by atoms with Crippen molar-refractivity contribution in [2.24, 2.45) is 4.99 Å². The molecule has 3 N–H and O–H groups in total. The Morgan fingerprint density at radius 3 is 2.65 bits per heavy atom. The Kier molecular flexibility index (Phi) is 12.1. The van der Waals surface area contributed by atoms with E-state index in [1.54, 1.807) is 11.8 Å². The normalized spacial score (nSPS) is 13.7. The fourth-order valence-corrected chi connectivity index (χ4v) is 3.06. The number of halogens is 2. The molecule has 0 saturated heterocycles.